The van der Waals surface area contributed by atoms with E-state index in [0.717, 1.165) is 12.8 Å². The Labute approximate surface area is 132 Å². The molecule has 23 heavy (non-hydrogen) atoms. The summed E-state index contributed by atoms with van der Waals surface area (Å²) in [5.74, 6) is -0.416. The topological polar surface area (TPSA) is 29.5 Å². The second-order valence-electron chi connectivity index (χ2n) is 5.73. The molecule has 1 heterocycles. The van der Waals surface area contributed by atoms with Crippen molar-refractivity contribution in [2.24, 2.45) is 5.92 Å². The van der Waals surface area contributed by atoms with Gasteiger partial charge in [-0.05, 0) is 25.0 Å². The molecular formula is C16H19F4NO2. The van der Waals surface area contributed by atoms with E-state index in [9.17, 15) is 22.4 Å². The molecule has 1 aliphatic heterocycles. The summed E-state index contributed by atoms with van der Waals surface area (Å²) in [6, 6.07) is 5.76. The van der Waals surface area contributed by atoms with Crippen LogP contribution in [0.2, 0.25) is 0 Å². The molecule has 1 unspecified atom stereocenters. The predicted octanol–water partition coefficient (Wildman–Crippen LogP) is 3.79. The van der Waals surface area contributed by atoms with Crippen LogP contribution in [0.3, 0.4) is 0 Å². The lowest BCUT2D eigenvalue weighted by Gasteiger charge is -2.32. The average molecular weight is 333 g/mol. The van der Waals surface area contributed by atoms with Gasteiger partial charge >= 0.3 is 6.18 Å². The van der Waals surface area contributed by atoms with Crippen molar-refractivity contribution in [3.63, 3.8) is 0 Å². The van der Waals surface area contributed by atoms with Crippen molar-refractivity contribution < 1.29 is 27.1 Å². The number of alkyl halides is 3. The summed E-state index contributed by atoms with van der Waals surface area (Å²) in [5.41, 5.74) is 0. The number of benzene rings is 1. The van der Waals surface area contributed by atoms with Gasteiger partial charge in [-0.3, -0.25) is 4.79 Å². The third-order valence-corrected chi connectivity index (χ3v) is 3.78. The van der Waals surface area contributed by atoms with Crippen LogP contribution in [0.4, 0.5) is 17.6 Å². The molecule has 0 N–H and O–H groups in total. The van der Waals surface area contributed by atoms with Crippen LogP contribution in [0.5, 0.6) is 5.75 Å². The van der Waals surface area contributed by atoms with Crippen molar-refractivity contribution in [3.8, 4) is 5.75 Å². The predicted molar refractivity (Wildman–Crippen MR) is 76.5 cm³/mol. The first-order valence-corrected chi connectivity index (χ1v) is 7.56. The third kappa shape index (κ3) is 6.08. The molecule has 1 aromatic carbocycles. The summed E-state index contributed by atoms with van der Waals surface area (Å²) in [7, 11) is 0. The number of carbonyl (C=O) groups is 1. The fraction of sp³-hybridized carbons (Fsp3) is 0.562. The SMILES string of the molecule is O=C(CCC(F)(F)F)N1CCCC(COc2cccc(F)c2)C1. The average Bonchev–Trinajstić information content (AvgIpc) is 2.50. The maximum absolute atomic E-state index is 13.1. The number of halogens is 4. The van der Waals surface area contributed by atoms with Gasteiger partial charge in [-0.1, -0.05) is 6.07 Å². The largest absolute Gasteiger partial charge is 0.493 e. The van der Waals surface area contributed by atoms with E-state index in [4.69, 9.17) is 4.74 Å². The van der Waals surface area contributed by atoms with Gasteiger partial charge in [0.25, 0.3) is 0 Å². The fourth-order valence-electron chi connectivity index (χ4n) is 2.61. The summed E-state index contributed by atoms with van der Waals surface area (Å²) in [6.07, 6.45) is -4.35. The summed E-state index contributed by atoms with van der Waals surface area (Å²) in [4.78, 5) is 13.3. The zero-order chi connectivity index (χ0) is 16.9. The van der Waals surface area contributed by atoms with E-state index in [1.807, 2.05) is 0 Å². The molecule has 128 valence electrons. The number of hydrogen-bond acceptors (Lipinski definition) is 2. The fourth-order valence-corrected chi connectivity index (χ4v) is 2.61. The van der Waals surface area contributed by atoms with Crippen molar-refractivity contribution in [2.75, 3.05) is 19.7 Å². The van der Waals surface area contributed by atoms with Crippen LogP contribution < -0.4 is 4.74 Å². The molecular weight excluding hydrogens is 314 g/mol. The van der Waals surface area contributed by atoms with Crippen molar-refractivity contribution in [2.45, 2.75) is 31.9 Å². The number of hydrogen-bond donors (Lipinski definition) is 0. The van der Waals surface area contributed by atoms with Gasteiger partial charge in [0, 0.05) is 31.5 Å². The standard InChI is InChI=1S/C16H19F4NO2/c17-13-4-1-5-14(9-13)23-11-12-3-2-8-21(10-12)15(22)6-7-16(18,19)20/h1,4-5,9,12H,2-3,6-8,10-11H2. The number of carbonyl (C=O) groups excluding carboxylic acids is 1. The monoisotopic (exact) mass is 333 g/mol. The molecule has 7 heteroatoms. The van der Waals surface area contributed by atoms with Gasteiger partial charge in [-0.15, -0.1) is 0 Å². The lowest BCUT2D eigenvalue weighted by molar-refractivity contribution is -0.150. The van der Waals surface area contributed by atoms with E-state index >= 15 is 0 Å². The van der Waals surface area contributed by atoms with Gasteiger partial charge in [0.15, 0.2) is 0 Å². The molecule has 0 radical (unpaired) electrons. The van der Waals surface area contributed by atoms with Crippen molar-refractivity contribution in [1.29, 1.82) is 0 Å². The number of nitrogens with zero attached hydrogens (tertiary/aromatic N) is 1. The highest BCUT2D eigenvalue weighted by molar-refractivity contribution is 5.76. The maximum atomic E-state index is 13.1. The molecule has 3 nitrogen and oxygen atoms in total. The molecule has 0 bridgehead atoms. The lowest BCUT2D eigenvalue weighted by atomic mass is 9.98. The number of piperidine rings is 1. The highest BCUT2D eigenvalue weighted by Gasteiger charge is 2.30. The normalized spacial score (nSPS) is 18.8. The zero-order valence-corrected chi connectivity index (χ0v) is 12.6. The molecule has 1 saturated heterocycles. The Hall–Kier alpha value is -1.79. The first-order valence-electron chi connectivity index (χ1n) is 7.56. The van der Waals surface area contributed by atoms with Crippen molar-refractivity contribution in [3.05, 3.63) is 30.1 Å². The summed E-state index contributed by atoms with van der Waals surface area (Å²) < 4.78 is 55.1. The molecule has 0 aliphatic carbocycles. The molecule has 0 saturated carbocycles. The lowest BCUT2D eigenvalue weighted by Crippen LogP contribution is -2.41. The van der Waals surface area contributed by atoms with Crippen LogP contribution in [0.25, 0.3) is 0 Å². The van der Waals surface area contributed by atoms with Gasteiger partial charge in [-0.25, -0.2) is 4.39 Å². The van der Waals surface area contributed by atoms with E-state index in [1.165, 1.54) is 17.0 Å². The molecule has 1 aliphatic rings. The highest BCUT2D eigenvalue weighted by Crippen LogP contribution is 2.24. The first kappa shape index (κ1) is 17.6. The second kappa shape index (κ2) is 7.66. The molecule has 0 aromatic heterocycles. The molecule has 0 spiro atoms. The van der Waals surface area contributed by atoms with Gasteiger partial charge in [0.05, 0.1) is 13.0 Å². The minimum atomic E-state index is -4.31. The minimum Gasteiger partial charge on any atom is -0.493 e. The zero-order valence-electron chi connectivity index (χ0n) is 12.6. The number of rotatable bonds is 5. The smallest absolute Gasteiger partial charge is 0.389 e. The quantitative estimate of drug-likeness (QED) is 0.768. The van der Waals surface area contributed by atoms with Gasteiger partial charge in [-0.2, -0.15) is 13.2 Å². The van der Waals surface area contributed by atoms with E-state index in [0.29, 0.717) is 25.4 Å². The summed E-state index contributed by atoms with van der Waals surface area (Å²) in [5, 5.41) is 0. The molecule has 2 rings (SSSR count). The van der Waals surface area contributed by atoms with E-state index < -0.39 is 30.7 Å². The third-order valence-electron chi connectivity index (χ3n) is 3.78. The maximum Gasteiger partial charge on any atom is 0.389 e. The van der Waals surface area contributed by atoms with Crippen LogP contribution in [0, 0.1) is 11.7 Å². The number of likely N-dealkylation sites (tertiary alicyclic amines) is 1. The second-order valence-corrected chi connectivity index (χ2v) is 5.73. The first-order chi connectivity index (χ1) is 10.8. The van der Waals surface area contributed by atoms with Crippen molar-refractivity contribution in [1.82, 2.24) is 4.90 Å². The number of amides is 1. The van der Waals surface area contributed by atoms with Gasteiger partial charge in [0.2, 0.25) is 5.91 Å². The Morgan fingerprint density at radius 2 is 2.13 bits per heavy atom. The molecule has 1 aromatic rings. The Morgan fingerprint density at radius 3 is 2.83 bits per heavy atom. The van der Waals surface area contributed by atoms with Crippen LogP contribution >= 0.6 is 0 Å². The Morgan fingerprint density at radius 1 is 1.35 bits per heavy atom. The Balaban J connectivity index is 1.80. The highest BCUT2D eigenvalue weighted by atomic mass is 19.4. The Bertz CT molecular complexity index is 533. The van der Waals surface area contributed by atoms with Crippen LogP contribution in [0.15, 0.2) is 24.3 Å². The van der Waals surface area contributed by atoms with E-state index in [-0.39, 0.29) is 5.92 Å². The van der Waals surface area contributed by atoms with E-state index in [2.05, 4.69) is 0 Å². The summed E-state index contributed by atoms with van der Waals surface area (Å²) >= 11 is 0. The van der Waals surface area contributed by atoms with E-state index in [1.54, 1.807) is 12.1 Å². The molecule has 1 fully saturated rings. The summed E-state index contributed by atoms with van der Waals surface area (Å²) in [6.45, 7) is 1.17. The van der Waals surface area contributed by atoms with Gasteiger partial charge in [0.1, 0.15) is 11.6 Å². The minimum absolute atomic E-state index is 0.0434. The van der Waals surface area contributed by atoms with Crippen LogP contribution in [0.1, 0.15) is 25.7 Å². The van der Waals surface area contributed by atoms with Crippen LogP contribution in [-0.4, -0.2) is 36.7 Å². The van der Waals surface area contributed by atoms with Gasteiger partial charge < -0.3 is 9.64 Å². The number of ether oxygens (including phenoxy) is 1. The Kier molecular flexibility index (Phi) is 5.85. The molecule has 1 amide bonds. The van der Waals surface area contributed by atoms with Crippen molar-refractivity contribution >= 4 is 5.91 Å². The molecule has 1 atom stereocenters. The van der Waals surface area contributed by atoms with Crippen LogP contribution in [-0.2, 0) is 4.79 Å².